The number of nitrogens with one attached hydrogen (secondary N) is 3. The van der Waals surface area contributed by atoms with Crippen molar-refractivity contribution in [1.29, 1.82) is 0 Å². The Balaban J connectivity index is 1.68. The van der Waals surface area contributed by atoms with Crippen LogP contribution in [-0.2, 0) is 19.1 Å². The molecule has 0 saturated heterocycles. The molecule has 4 N–H and O–H groups in total. The van der Waals surface area contributed by atoms with Crippen LogP contribution in [0.2, 0.25) is 0 Å². The van der Waals surface area contributed by atoms with Gasteiger partial charge in [0.05, 0.1) is 0 Å². The maximum absolute atomic E-state index is 13.3. The molecule has 210 valence electrons. The van der Waals surface area contributed by atoms with E-state index in [1.54, 1.807) is 6.92 Å². The zero-order valence-corrected chi connectivity index (χ0v) is 23.2. The Labute approximate surface area is 229 Å². The van der Waals surface area contributed by atoms with Gasteiger partial charge in [0, 0.05) is 5.92 Å². The van der Waals surface area contributed by atoms with Gasteiger partial charge in [-0.15, -0.1) is 0 Å². The number of amides is 3. The third-order valence-electron chi connectivity index (χ3n) is 7.18. The number of benzene rings is 2. The molecule has 3 rings (SSSR count). The molecule has 0 spiro atoms. The molecular formula is C30H39N3O6. The summed E-state index contributed by atoms with van der Waals surface area (Å²) in [5.41, 5.74) is 4.40. The summed E-state index contributed by atoms with van der Waals surface area (Å²) in [6, 6.07) is 13.1. The van der Waals surface area contributed by atoms with Gasteiger partial charge < -0.3 is 25.8 Å². The Kier molecular flexibility index (Phi) is 10.1. The minimum Gasteiger partial charge on any atom is -0.480 e. The molecule has 0 fully saturated rings. The van der Waals surface area contributed by atoms with Crippen molar-refractivity contribution in [2.45, 2.75) is 71.5 Å². The van der Waals surface area contributed by atoms with Crippen LogP contribution in [0.25, 0.3) is 11.1 Å². The van der Waals surface area contributed by atoms with Crippen molar-refractivity contribution in [2.75, 3.05) is 6.61 Å². The largest absolute Gasteiger partial charge is 0.480 e. The average Bonchev–Trinajstić information content (AvgIpc) is 3.22. The molecule has 4 atom stereocenters. The quantitative estimate of drug-likeness (QED) is 0.323. The lowest BCUT2D eigenvalue weighted by Gasteiger charge is -2.27. The van der Waals surface area contributed by atoms with E-state index in [4.69, 9.17) is 9.84 Å². The van der Waals surface area contributed by atoms with E-state index < -0.39 is 42.0 Å². The predicted octanol–water partition coefficient (Wildman–Crippen LogP) is 4.06. The minimum absolute atomic E-state index is 0.0672. The first kappa shape index (κ1) is 29.7. The van der Waals surface area contributed by atoms with E-state index in [1.165, 1.54) is 6.92 Å². The highest BCUT2D eigenvalue weighted by atomic mass is 16.5. The summed E-state index contributed by atoms with van der Waals surface area (Å²) < 4.78 is 5.63. The molecule has 0 aliphatic heterocycles. The second kappa shape index (κ2) is 13.3. The molecule has 9 nitrogen and oxygen atoms in total. The number of fused-ring (bicyclic) bond motifs is 3. The summed E-state index contributed by atoms with van der Waals surface area (Å²) in [6.07, 6.45) is 0.187. The maximum atomic E-state index is 13.3. The van der Waals surface area contributed by atoms with E-state index >= 15 is 0 Å². The molecule has 0 radical (unpaired) electrons. The standard InChI is InChI=1S/C30H39N3O6/c1-6-18(4)26(28(35)31-19(5)29(36)37)33-27(34)25(15-17(2)3)32-30(38)39-16-24-22-13-9-7-11-20(22)21-12-8-10-14-23(21)24/h7-14,17-19,24-26H,6,15-16H2,1-5H3,(H,31,35)(H,32,38)(H,33,34)(H,36,37)/t18-,19-,25-,26-/m0/s1. The van der Waals surface area contributed by atoms with Gasteiger partial charge in [-0.1, -0.05) is 82.6 Å². The monoisotopic (exact) mass is 537 g/mol. The summed E-state index contributed by atoms with van der Waals surface area (Å²) >= 11 is 0. The van der Waals surface area contributed by atoms with Crippen molar-refractivity contribution in [2.24, 2.45) is 11.8 Å². The topological polar surface area (TPSA) is 134 Å². The van der Waals surface area contributed by atoms with Crippen LogP contribution in [-0.4, -0.2) is 53.7 Å². The lowest BCUT2D eigenvalue weighted by atomic mass is 9.96. The smallest absolute Gasteiger partial charge is 0.407 e. The number of rotatable bonds is 12. The molecule has 0 unspecified atom stereocenters. The number of hydrogen-bond acceptors (Lipinski definition) is 5. The summed E-state index contributed by atoms with van der Waals surface area (Å²) in [5, 5.41) is 17.0. The molecule has 1 aliphatic rings. The van der Waals surface area contributed by atoms with E-state index in [0.717, 1.165) is 22.3 Å². The zero-order valence-electron chi connectivity index (χ0n) is 23.2. The van der Waals surface area contributed by atoms with Crippen LogP contribution in [0.1, 0.15) is 64.5 Å². The summed E-state index contributed by atoms with van der Waals surface area (Å²) in [4.78, 5) is 50.2. The van der Waals surface area contributed by atoms with Gasteiger partial charge >= 0.3 is 12.1 Å². The third kappa shape index (κ3) is 7.37. The molecule has 9 heteroatoms. The third-order valence-corrected chi connectivity index (χ3v) is 7.18. The van der Waals surface area contributed by atoms with Gasteiger partial charge in [0.1, 0.15) is 24.7 Å². The molecule has 2 aromatic carbocycles. The van der Waals surface area contributed by atoms with Crippen molar-refractivity contribution in [1.82, 2.24) is 16.0 Å². The Bertz CT molecular complexity index is 1150. The molecule has 0 bridgehead atoms. The number of ether oxygens (including phenoxy) is 1. The molecule has 1 aliphatic carbocycles. The van der Waals surface area contributed by atoms with Crippen molar-refractivity contribution in [3.8, 4) is 11.1 Å². The molecule has 3 amide bonds. The Morgan fingerprint density at radius 2 is 1.41 bits per heavy atom. The van der Waals surface area contributed by atoms with Crippen LogP contribution >= 0.6 is 0 Å². The van der Waals surface area contributed by atoms with Gasteiger partial charge in [0.25, 0.3) is 0 Å². The second-order valence-electron chi connectivity index (χ2n) is 10.6. The van der Waals surface area contributed by atoms with Gasteiger partial charge in [-0.25, -0.2) is 4.79 Å². The zero-order chi connectivity index (χ0) is 28.7. The summed E-state index contributed by atoms with van der Waals surface area (Å²) in [6.45, 7) is 8.99. The molecule has 0 saturated carbocycles. The number of carbonyl (C=O) groups is 4. The minimum atomic E-state index is -1.17. The van der Waals surface area contributed by atoms with Gasteiger partial charge in [0.15, 0.2) is 0 Å². The maximum Gasteiger partial charge on any atom is 0.407 e. The van der Waals surface area contributed by atoms with Crippen molar-refractivity contribution >= 4 is 23.9 Å². The fourth-order valence-electron chi connectivity index (χ4n) is 4.81. The highest BCUT2D eigenvalue weighted by Gasteiger charge is 2.33. The van der Waals surface area contributed by atoms with Crippen molar-refractivity contribution in [3.05, 3.63) is 59.7 Å². The van der Waals surface area contributed by atoms with E-state index in [2.05, 4.69) is 28.1 Å². The SMILES string of the molecule is CC[C@H](C)[C@H](NC(=O)[C@H](CC(C)C)NC(=O)OCC1c2ccccc2-c2ccccc21)C(=O)N[C@@H](C)C(=O)O. The fourth-order valence-corrected chi connectivity index (χ4v) is 4.81. The Morgan fingerprint density at radius 3 is 1.92 bits per heavy atom. The van der Waals surface area contributed by atoms with E-state index in [1.807, 2.05) is 57.2 Å². The van der Waals surface area contributed by atoms with Crippen molar-refractivity contribution in [3.63, 3.8) is 0 Å². The molecule has 2 aromatic rings. The van der Waals surface area contributed by atoms with Gasteiger partial charge in [-0.2, -0.15) is 0 Å². The van der Waals surface area contributed by atoms with Crippen LogP contribution < -0.4 is 16.0 Å². The Hall–Kier alpha value is -3.88. The normalized spacial score (nSPS) is 15.3. The lowest BCUT2D eigenvalue weighted by molar-refractivity contribution is -0.142. The van der Waals surface area contributed by atoms with E-state index in [-0.39, 0.29) is 24.4 Å². The Morgan fingerprint density at radius 1 is 0.846 bits per heavy atom. The van der Waals surface area contributed by atoms with Gasteiger partial charge in [-0.3, -0.25) is 14.4 Å². The van der Waals surface area contributed by atoms with Crippen LogP contribution in [0.15, 0.2) is 48.5 Å². The number of aliphatic carboxylic acids is 1. The number of carboxylic acids is 1. The lowest BCUT2D eigenvalue weighted by Crippen LogP contribution is -2.57. The molecule has 0 heterocycles. The predicted molar refractivity (Wildman–Crippen MR) is 148 cm³/mol. The first-order valence-corrected chi connectivity index (χ1v) is 13.5. The number of carboxylic acid groups (broad SMARTS) is 1. The second-order valence-corrected chi connectivity index (χ2v) is 10.6. The molecule has 0 aromatic heterocycles. The summed E-state index contributed by atoms with van der Waals surface area (Å²) in [7, 11) is 0. The average molecular weight is 538 g/mol. The highest BCUT2D eigenvalue weighted by Crippen LogP contribution is 2.44. The first-order valence-electron chi connectivity index (χ1n) is 13.5. The number of alkyl carbamates (subject to hydrolysis) is 1. The summed E-state index contributed by atoms with van der Waals surface area (Å²) in [5.74, 6) is -2.60. The molecule has 39 heavy (non-hydrogen) atoms. The number of hydrogen-bond donors (Lipinski definition) is 4. The van der Waals surface area contributed by atoms with Crippen molar-refractivity contribution < 1.29 is 29.0 Å². The van der Waals surface area contributed by atoms with Crippen LogP contribution in [0.5, 0.6) is 0 Å². The van der Waals surface area contributed by atoms with Gasteiger partial charge in [-0.05, 0) is 47.4 Å². The van der Waals surface area contributed by atoms with Crippen LogP contribution in [0.4, 0.5) is 4.79 Å². The van der Waals surface area contributed by atoms with Gasteiger partial charge in [0.2, 0.25) is 11.8 Å². The number of carbonyl (C=O) groups excluding carboxylic acids is 3. The van der Waals surface area contributed by atoms with E-state index in [9.17, 15) is 19.2 Å². The fraction of sp³-hybridized carbons (Fsp3) is 0.467. The van der Waals surface area contributed by atoms with Crippen LogP contribution in [0.3, 0.4) is 0 Å². The van der Waals surface area contributed by atoms with E-state index in [0.29, 0.717) is 12.8 Å². The molecular weight excluding hydrogens is 498 g/mol. The van der Waals surface area contributed by atoms with Crippen LogP contribution in [0, 0.1) is 11.8 Å². The first-order chi connectivity index (χ1) is 18.5. The highest BCUT2D eigenvalue weighted by molar-refractivity contribution is 5.93.